The minimum atomic E-state index is -0.372. The Morgan fingerprint density at radius 2 is 1.96 bits per heavy atom. The Hall–Kier alpha value is -2.90. The highest BCUT2D eigenvalue weighted by atomic mass is 19.1. The highest BCUT2D eigenvalue weighted by Gasteiger charge is 2.08. The number of hydrogen-bond acceptors (Lipinski definition) is 4. The number of anilines is 2. The largest absolute Gasteiger partial charge is 0.384 e. The van der Waals surface area contributed by atoms with Gasteiger partial charge < -0.3 is 16.4 Å². The number of halogens is 1. The Morgan fingerprint density at radius 1 is 1.26 bits per heavy atom. The second-order valence-electron chi connectivity index (χ2n) is 5.02. The van der Waals surface area contributed by atoms with Crippen molar-refractivity contribution < 1.29 is 14.0 Å². The molecule has 1 heterocycles. The van der Waals surface area contributed by atoms with E-state index in [0.717, 1.165) is 5.69 Å². The first-order chi connectivity index (χ1) is 10.9. The first-order valence-electron chi connectivity index (χ1n) is 7.06. The van der Waals surface area contributed by atoms with Crippen LogP contribution in [0.15, 0.2) is 30.3 Å². The second kappa shape index (κ2) is 7.39. The van der Waals surface area contributed by atoms with Crippen LogP contribution in [0.2, 0.25) is 0 Å². The third kappa shape index (κ3) is 5.10. The number of nitrogen functional groups attached to an aromatic ring is 1. The molecule has 2 amide bonds. The van der Waals surface area contributed by atoms with E-state index >= 15 is 0 Å². The van der Waals surface area contributed by atoms with E-state index < -0.39 is 0 Å². The molecule has 0 aliphatic carbocycles. The molecule has 0 saturated heterocycles. The van der Waals surface area contributed by atoms with Crippen LogP contribution in [0.4, 0.5) is 15.9 Å². The zero-order valence-corrected chi connectivity index (χ0v) is 12.7. The fourth-order valence-electron chi connectivity index (χ4n) is 1.96. The minimum Gasteiger partial charge on any atom is -0.384 e. The molecule has 122 valence electrons. The summed E-state index contributed by atoms with van der Waals surface area (Å²) in [6.07, 6.45) is 0.108. The van der Waals surface area contributed by atoms with Gasteiger partial charge in [0, 0.05) is 24.7 Å². The zero-order valence-electron chi connectivity index (χ0n) is 12.7. The normalized spacial score (nSPS) is 10.3. The molecule has 0 atom stereocenters. The fraction of sp³-hybridized carbons (Fsp3) is 0.267. The third-order valence-corrected chi connectivity index (χ3v) is 3.03. The molecule has 0 radical (unpaired) electrons. The summed E-state index contributed by atoms with van der Waals surface area (Å²) in [7, 11) is 0. The van der Waals surface area contributed by atoms with Crippen molar-refractivity contribution >= 4 is 23.3 Å². The fourth-order valence-corrected chi connectivity index (χ4v) is 1.96. The van der Waals surface area contributed by atoms with E-state index in [-0.39, 0.29) is 37.1 Å². The number of nitrogens with zero attached hydrogens (tertiary/aromatic N) is 2. The lowest BCUT2D eigenvalue weighted by Crippen LogP contribution is -2.31. The summed E-state index contributed by atoms with van der Waals surface area (Å²) in [5.74, 6) is -0.518. The van der Waals surface area contributed by atoms with Crippen LogP contribution in [0, 0.1) is 12.7 Å². The van der Waals surface area contributed by atoms with E-state index in [9.17, 15) is 14.0 Å². The van der Waals surface area contributed by atoms with Gasteiger partial charge in [0.05, 0.1) is 5.69 Å². The molecule has 0 fully saturated rings. The summed E-state index contributed by atoms with van der Waals surface area (Å²) >= 11 is 0. The Labute approximate surface area is 132 Å². The average molecular weight is 319 g/mol. The number of aryl methyl sites for hydroxylation is 1. The van der Waals surface area contributed by atoms with Crippen LogP contribution in [0.3, 0.4) is 0 Å². The summed E-state index contributed by atoms with van der Waals surface area (Å²) < 4.78 is 14.1. The number of nitrogens with two attached hydrogens (primary N) is 1. The average Bonchev–Trinajstić information content (AvgIpc) is 2.79. The van der Waals surface area contributed by atoms with E-state index in [0.29, 0.717) is 11.5 Å². The Kier molecular flexibility index (Phi) is 5.29. The maximum absolute atomic E-state index is 12.7. The van der Waals surface area contributed by atoms with Crippen LogP contribution < -0.4 is 16.4 Å². The summed E-state index contributed by atoms with van der Waals surface area (Å²) in [5.41, 5.74) is 6.93. The molecule has 23 heavy (non-hydrogen) atoms. The van der Waals surface area contributed by atoms with Crippen LogP contribution in [0.5, 0.6) is 0 Å². The van der Waals surface area contributed by atoms with Crippen LogP contribution >= 0.6 is 0 Å². The van der Waals surface area contributed by atoms with Crippen molar-refractivity contribution in [3.8, 4) is 0 Å². The molecule has 1 aromatic carbocycles. The summed E-state index contributed by atoms with van der Waals surface area (Å²) in [6, 6.07) is 7.12. The van der Waals surface area contributed by atoms with Crippen molar-refractivity contribution in [2.45, 2.75) is 19.9 Å². The number of carbonyl (C=O) groups is 2. The predicted molar refractivity (Wildman–Crippen MR) is 84.0 cm³/mol. The molecule has 2 aromatic rings. The van der Waals surface area contributed by atoms with Crippen molar-refractivity contribution in [3.63, 3.8) is 0 Å². The molecular formula is C15H18FN5O2. The summed E-state index contributed by atoms with van der Waals surface area (Å²) in [4.78, 5) is 23.5. The topological polar surface area (TPSA) is 102 Å². The van der Waals surface area contributed by atoms with E-state index in [1.807, 2.05) is 0 Å². The van der Waals surface area contributed by atoms with Gasteiger partial charge in [0.25, 0.3) is 0 Å². The number of aromatic nitrogens is 2. The Morgan fingerprint density at radius 3 is 2.57 bits per heavy atom. The summed E-state index contributed by atoms with van der Waals surface area (Å²) in [6.45, 7) is 1.97. The van der Waals surface area contributed by atoms with Crippen molar-refractivity contribution in [3.05, 3.63) is 41.8 Å². The molecule has 1 aromatic heterocycles. The van der Waals surface area contributed by atoms with Gasteiger partial charge in [-0.1, -0.05) is 0 Å². The maximum Gasteiger partial charge on any atom is 0.241 e. The Bertz CT molecular complexity index is 696. The number of hydrogen-bond donors (Lipinski definition) is 3. The van der Waals surface area contributed by atoms with Crippen molar-refractivity contribution in [1.82, 2.24) is 15.1 Å². The Balaban J connectivity index is 1.71. The van der Waals surface area contributed by atoms with Crippen LogP contribution in [0.25, 0.3) is 0 Å². The lowest BCUT2D eigenvalue weighted by atomic mass is 10.3. The summed E-state index contributed by atoms with van der Waals surface area (Å²) in [5, 5.41) is 9.31. The predicted octanol–water partition coefficient (Wildman–Crippen LogP) is 1.06. The number of amides is 2. The number of carbonyl (C=O) groups excluding carboxylic acids is 2. The number of nitrogens with one attached hydrogen (secondary N) is 2. The van der Waals surface area contributed by atoms with E-state index in [2.05, 4.69) is 15.7 Å². The van der Waals surface area contributed by atoms with Crippen LogP contribution in [0.1, 0.15) is 12.1 Å². The molecule has 0 aliphatic heterocycles. The van der Waals surface area contributed by atoms with Gasteiger partial charge in [-0.05, 0) is 31.2 Å². The standard InChI is InChI=1S/C15H18FN5O2/c1-10-8-13(17)21(20-10)9-15(23)18-7-6-14(22)19-12-4-2-11(16)3-5-12/h2-5,8H,6-7,9,17H2,1H3,(H,18,23)(H,19,22). The van der Waals surface area contributed by atoms with Gasteiger partial charge in [0.2, 0.25) is 11.8 Å². The van der Waals surface area contributed by atoms with Gasteiger partial charge in [0.1, 0.15) is 18.2 Å². The first kappa shape index (κ1) is 16.5. The molecule has 8 heteroatoms. The molecule has 0 spiro atoms. The van der Waals surface area contributed by atoms with E-state index in [1.54, 1.807) is 13.0 Å². The zero-order chi connectivity index (χ0) is 16.8. The smallest absolute Gasteiger partial charge is 0.241 e. The minimum absolute atomic E-state index is 0.000740. The molecule has 2 rings (SSSR count). The van der Waals surface area contributed by atoms with Crippen molar-refractivity contribution in [1.29, 1.82) is 0 Å². The highest BCUT2D eigenvalue weighted by Crippen LogP contribution is 2.08. The van der Waals surface area contributed by atoms with Gasteiger partial charge in [-0.2, -0.15) is 5.10 Å². The van der Waals surface area contributed by atoms with E-state index in [1.165, 1.54) is 28.9 Å². The molecule has 7 nitrogen and oxygen atoms in total. The van der Waals surface area contributed by atoms with Gasteiger partial charge in [-0.3, -0.25) is 9.59 Å². The molecule has 4 N–H and O–H groups in total. The van der Waals surface area contributed by atoms with Crippen LogP contribution in [-0.2, 0) is 16.1 Å². The lowest BCUT2D eigenvalue weighted by molar-refractivity contribution is -0.122. The SMILES string of the molecule is Cc1cc(N)n(CC(=O)NCCC(=O)Nc2ccc(F)cc2)n1. The number of benzene rings is 1. The molecule has 0 aliphatic rings. The maximum atomic E-state index is 12.7. The molecule has 0 saturated carbocycles. The van der Waals surface area contributed by atoms with Gasteiger partial charge in [-0.25, -0.2) is 9.07 Å². The van der Waals surface area contributed by atoms with Crippen molar-refractivity contribution in [2.75, 3.05) is 17.6 Å². The monoisotopic (exact) mass is 319 g/mol. The number of rotatable bonds is 6. The van der Waals surface area contributed by atoms with Gasteiger partial charge in [-0.15, -0.1) is 0 Å². The highest BCUT2D eigenvalue weighted by molar-refractivity contribution is 5.91. The van der Waals surface area contributed by atoms with E-state index in [4.69, 9.17) is 5.73 Å². The molecule has 0 bridgehead atoms. The second-order valence-corrected chi connectivity index (χ2v) is 5.02. The van der Waals surface area contributed by atoms with Gasteiger partial charge >= 0.3 is 0 Å². The van der Waals surface area contributed by atoms with Gasteiger partial charge in [0.15, 0.2) is 0 Å². The molecule has 0 unspecified atom stereocenters. The van der Waals surface area contributed by atoms with Crippen LogP contribution in [-0.4, -0.2) is 28.1 Å². The third-order valence-electron chi connectivity index (χ3n) is 3.03. The van der Waals surface area contributed by atoms with Crippen molar-refractivity contribution in [2.24, 2.45) is 0 Å². The molecular weight excluding hydrogens is 301 g/mol. The quantitative estimate of drug-likeness (QED) is 0.741. The first-order valence-corrected chi connectivity index (χ1v) is 7.06. The lowest BCUT2D eigenvalue weighted by Gasteiger charge is -2.07.